The summed E-state index contributed by atoms with van der Waals surface area (Å²) >= 11 is 7.24. The molecule has 0 aliphatic carbocycles. The number of para-hydroxylation sites is 1. The van der Waals surface area contributed by atoms with Gasteiger partial charge in [0.15, 0.2) is 11.0 Å². The Bertz CT molecular complexity index is 1260. The van der Waals surface area contributed by atoms with Crippen molar-refractivity contribution in [2.24, 2.45) is 0 Å². The first-order valence-electron chi connectivity index (χ1n) is 10.6. The summed E-state index contributed by atoms with van der Waals surface area (Å²) in [5.74, 6) is 1.40. The third-order valence-electron chi connectivity index (χ3n) is 4.91. The smallest absolute Gasteiger partial charge is 0.234 e. The second kappa shape index (κ2) is 11.5. The second-order valence-corrected chi connectivity index (χ2v) is 8.67. The molecule has 0 bridgehead atoms. The number of hydrogen-bond donors (Lipinski definition) is 1. The molecule has 1 aromatic heterocycles. The minimum Gasteiger partial charge on any atom is -0.486 e. The fourth-order valence-electron chi connectivity index (χ4n) is 3.30. The van der Waals surface area contributed by atoms with Gasteiger partial charge in [0.05, 0.1) is 5.75 Å². The number of carbonyl (C=O) groups excluding carboxylic acids is 1. The van der Waals surface area contributed by atoms with Crippen LogP contribution in [0.1, 0.15) is 5.82 Å². The highest BCUT2D eigenvalue weighted by Crippen LogP contribution is 2.28. The fourth-order valence-corrected chi connectivity index (χ4v) is 4.19. The molecule has 0 aliphatic rings. The van der Waals surface area contributed by atoms with Crippen LogP contribution in [0.4, 0.5) is 5.69 Å². The van der Waals surface area contributed by atoms with Crippen LogP contribution in [0.25, 0.3) is 11.1 Å². The van der Waals surface area contributed by atoms with E-state index in [4.69, 9.17) is 16.3 Å². The van der Waals surface area contributed by atoms with Crippen molar-refractivity contribution in [3.05, 3.63) is 102 Å². The van der Waals surface area contributed by atoms with Crippen LogP contribution < -0.4 is 10.1 Å². The standard InChI is InChI=1S/C26H23ClN4O2S/c1-2-16-31-24(17-33-21-14-12-20(27)13-15-21)29-30-26(31)34-18-25(32)28-23-11-7-6-10-22(23)19-8-4-3-5-9-19/h2-15H,1,16-18H2,(H,28,32). The molecule has 1 amide bonds. The molecule has 0 atom stereocenters. The van der Waals surface area contributed by atoms with Gasteiger partial charge in [0, 0.05) is 22.8 Å². The lowest BCUT2D eigenvalue weighted by atomic mass is 10.0. The first-order valence-corrected chi connectivity index (χ1v) is 12.0. The van der Waals surface area contributed by atoms with Crippen LogP contribution in [0, 0.1) is 0 Å². The highest BCUT2D eigenvalue weighted by molar-refractivity contribution is 7.99. The molecule has 172 valence electrons. The zero-order chi connectivity index (χ0) is 23.8. The maximum absolute atomic E-state index is 12.7. The van der Waals surface area contributed by atoms with Crippen LogP contribution in [0.15, 0.2) is 96.7 Å². The third-order valence-corrected chi connectivity index (χ3v) is 6.12. The number of nitrogens with one attached hydrogen (secondary N) is 1. The lowest BCUT2D eigenvalue weighted by Crippen LogP contribution is -2.15. The van der Waals surface area contributed by atoms with Crippen molar-refractivity contribution in [2.75, 3.05) is 11.1 Å². The Labute approximate surface area is 207 Å². The first-order chi connectivity index (χ1) is 16.6. The van der Waals surface area contributed by atoms with Gasteiger partial charge >= 0.3 is 0 Å². The number of rotatable bonds is 10. The number of ether oxygens (including phenoxy) is 1. The van der Waals surface area contributed by atoms with Gasteiger partial charge in [-0.1, -0.05) is 78.0 Å². The SMILES string of the molecule is C=CCn1c(COc2ccc(Cl)cc2)nnc1SCC(=O)Nc1ccccc1-c1ccccc1. The molecule has 34 heavy (non-hydrogen) atoms. The van der Waals surface area contributed by atoms with Crippen LogP contribution in [0.5, 0.6) is 5.75 Å². The maximum Gasteiger partial charge on any atom is 0.234 e. The van der Waals surface area contributed by atoms with Crippen molar-refractivity contribution >= 4 is 35.0 Å². The number of nitrogens with zero attached hydrogens (tertiary/aromatic N) is 3. The minimum absolute atomic E-state index is 0.125. The Morgan fingerprint density at radius 3 is 2.53 bits per heavy atom. The third kappa shape index (κ3) is 6.07. The second-order valence-electron chi connectivity index (χ2n) is 7.29. The van der Waals surface area contributed by atoms with Crippen LogP contribution in [0.2, 0.25) is 5.02 Å². The highest BCUT2D eigenvalue weighted by atomic mass is 35.5. The number of hydrogen-bond acceptors (Lipinski definition) is 5. The van der Waals surface area contributed by atoms with Crippen LogP contribution in [-0.2, 0) is 17.9 Å². The number of amides is 1. The van der Waals surface area contributed by atoms with Gasteiger partial charge in [-0.3, -0.25) is 9.36 Å². The summed E-state index contributed by atoms with van der Waals surface area (Å²) in [6, 6.07) is 24.8. The fraction of sp³-hybridized carbons (Fsp3) is 0.115. The zero-order valence-corrected chi connectivity index (χ0v) is 19.9. The van der Waals surface area contributed by atoms with E-state index in [-0.39, 0.29) is 18.3 Å². The van der Waals surface area contributed by atoms with E-state index in [1.54, 1.807) is 30.3 Å². The van der Waals surface area contributed by atoms with Crippen molar-refractivity contribution in [3.63, 3.8) is 0 Å². The first kappa shape index (κ1) is 23.6. The molecular weight excluding hydrogens is 468 g/mol. The van der Waals surface area contributed by atoms with E-state index >= 15 is 0 Å². The molecule has 0 radical (unpaired) electrons. The number of aromatic nitrogens is 3. The Kier molecular flexibility index (Phi) is 8.01. The summed E-state index contributed by atoms with van der Waals surface area (Å²) in [5.41, 5.74) is 2.78. The summed E-state index contributed by atoms with van der Waals surface area (Å²) in [7, 11) is 0. The average molecular weight is 491 g/mol. The van der Waals surface area contributed by atoms with Crippen LogP contribution in [0.3, 0.4) is 0 Å². The van der Waals surface area contributed by atoms with Gasteiger partial charge in [-0.05, 0) is 35.9 Å². The van der Waals surface area contributed by atoms with Crippen molar-refractivity contribution in [2.45, 2.75) is 18.3 Å². The largest absolute Gasteiger partial charge is 0.486 e. The van der Waals surface area contributed by atoms with Crippen molar-refractivity contribution < 1.29 is 9.53 Å². The summed E-state index contributed by atoms with van der Waals surface area (Å²) in [5, 5.41) is 12.8. The highest BCUT2D eigenvalue weighted by Gasteiger charge is 2.15. The Balaban J connectivity index is 1.40. The summed E-state index contributed by atoms with van der Waals surface area (Å²) in [6.45, 7) is 4.56. The molecule has 0 aliphatic heterocycles. The minimum atomic E-state index is -0.125. The number of halogens is 1. The van der Waals surface area contributed by atoms with Gasteiger partial charge < -0.3 is 10.1 Å². The number of carbonyl (C=O) groups is 1. The molecule has 1 heterocycles. The van der Waals surface area contributed by atoms with E-state index in [1.165, 1.54) is 11.8 Å². The summed E-state index contributed by atoms with van der Waals surface area (Å²) in [6.07, 6.45) is 1.76. The Hall–Kier alpha value is -3.55. The molecule has 0 saturated carbocycles. The topological polar surface area (TPSA) is 69.0 Å². The monoisotopic (exact) mass is 490 g/mol. The van der Waals surface area contributed by atoms with Crippen molar-refractivity contribution in [3.8, 4) is 16.9 Å². The number of allylic oxidation sites excluding steroid dienone is 1. The van der Waals surface area contributed by atoms with Crippen molar-refractivity contribution in [1.29, 1.82) is 0 Å². The molecule has 0 saturated heterocycles. The van der Waals surface area contributed by atoms with Gasteiger partial charge in [-0.25, -0.2) is 0 Å². The molecule has 0 fully saturated rings. The molecule has 4 rings (SSSR count). The van der Waals surface area contributed by atoms with E-state index in [9.17, 15) is 4.79 Å². The van der Waals surface area contributed by atoms with E-state index in [0.29, 0.717) is 28.3 Å². The summed E-state index contributed by atoms with van der Waals surface area (Å²) in [4.78, 5) is 12.7. The molecular formula is C26H23ClN4O2S. The zero-order valence-electron chi connectivity index (χ0n) is 18.4. The van der Waals surface area contributed by atoms with E-state index in [2.05, 4.69) is 22.1 Å². The predicted molar refractivity (Wildman–Crippen MR) is 137 cm³/mol. The average Bonchev–Trinajstić information content (AvgIpc) is 3.25. The number of anilines is 1. The number of thioether (sulfide) groups is 1. The van der Waals surface area contributed by atoms with Crippen LogP contribution >= 0.6 is 23.4 Å². The van der Waals surface area contributed by atoms with Gasteiger partial charge in [-0.2, -0.15) is 0 Å². The van der Waals surface area contributed by atoms with Gasteiger partial charge in [0.1, 0.15) is 12.4 Å². The van der Waals surface area contributed by atoms with Crippen molar-refractivity contribution in [1.82, 2.24) is 14.8 Å². The van der Waals surface area contributed by atoms with Crippen LogP contribution in [-0.4, -0.2) is 26.4 Å². The molecule has 6 nitrogen and oxygen atoms in total. The normalized spacial score (nSPS) is 10.6. The molecule has 4 aromatic rings. The predicted octanol–water partition coefficient (Wildman–Crippen LogP) is 6.09. The summed E-state index contributed by atoms with van der Waals surface area (Å²) < 4.78 is 7.69. The quantitative estimate of drug-likeness (QED) is 0.215. The lowest BCUT2D eigenvalue weighted by molar-refractivity contribution is -0.113. The van der Waals surface area contributed by atoms with E-state index < -0.39 is 0 Å². The van der Waals surface area contributed by atoms with Gasteiger partial charge in [0.25, 0.3) is 0 Å². The molecule has 0 unspecified atom stereocenters. The van der Waals surface area contributed by atoms with Gasteiger partial charge in [-0.15, -0.1) is 16.8 Å². The lowest BCUT2D eigenvalue weighted by Gasteiger charge is -2.12. The molecule has 0 spiro atoms. The molecule has 3 aromatic carbocycles. The van der Waals surface area contributed by atoms with E-state index in [1.807, 2.05) is 59.2 Å². The maximum atomic E-state index is 12.7. The molecule has 8 heteroatoms. The Morgan fingerprint density at radius 1 is 1.03 bits per heavy atom. The van der Waals surface area contributed by atoms with E-state index in [0.717, 1.165) is 16.8 Å². The van der Waals surface area contributed by atoms with Gasteiger partial charge in [0.2, 0.25) is 5.91 Å². The molecule has 1 N–H and O–H groups in total. The number of benzene rings is 3. The Morgan fingerprint density at radius 2 is 1.76 bits per heavy atom.